The lowest BCUT2D eigenvalue weighted by atomic mass is 10.2. The van der Waals surface area contributed by atoms with Crippen molar-refractivity contribution in [1.29, 1.82) is 0 Å². The number of aromatic nitrogens is 1. The summed E-state index contributed by atoms with van der Waals surface area (Å²) in [7, 11) is 0. The van der Waals surface area contributed by atoms with E-state index in [1.165, 1.54) is 5.56 Å². The zero-order valence-electron chi connectivity index (χ0n) is 11.6. The Morgan fingerprint density at radius 1 is 1.20 bits per heavy atom. The summed E-state index contributed by atoms with van der Waals surface area (Å²) >= 11 is 6.23. The van der Waals surface area contributed by atoms with Crippen LogP contribution in [0.1, 0.15) is 18.1 Å². The summed E-state index contributed by atoms with van der Waals surface area (Å²) in [4.78, 5) is 4.00. The lowest BCUT2D eigenvalue weighted by molar-refractivity contribution is 0.318. The number of hydrogen-bond donors (Lipinski definition) is 1. The average molecular weight is 291 g/mol. The van der Waals surface area contributed by atoms with Gasteiger partial charge in [-0.25, -0.2) is 0 Å². The maximum absolute atomic E-state index is 6.23. The van der Waals surface area contributed by atoms with Crippen molar-refractivity contribution in [1.82, 2.24) is 10.3 Å². The van der Waals surface area contributed by atoms with Crippen molar-refractivity contribution in [2.45, 2.75) is 19.9 Å². The molecule has 1 aromatic heterocycles. The molecule has 0 aliphatic carbocycles. The van der Waals surface area contributed by atoms with Gasteiger partial charge < -0.3 is 10.1 Å². The van der Waals surface area contributed by atoms with Crippen LogP contribution in [0.4, 0.5) is 0 Å². The van der Waals surface area contributed by atoms with Crippen LogP contribution >= 0.6 is 11.6 Å². The number of halogens is 1. The highest BCUT2D eigenvalue weighted by Gasteiger charge is 2.08. The third-order valence-corrected chi connectivity index (χ3v) is 3.30. The van der Waals surface area contributed by atoms with E-state index in [9.17, 15) is 0 Å². The fourth-order valence-corrected chi connectivity index (χ4v) is 2.18. The molecule has 0 amide bonds. The third-order valence-electron chi connectivity index (χ3n) is 3.00. The lowest BCUT2D eigenvalue weighted by Crippen LogP contribution is -2.13. The van der Waals surface area contributed by atoms with E-state index in [-0.39, 0.29) is 0 Å². The summed E-state index contributed by atoms with van der Waals surface area (Å²) in [6, 6.07) is 9.84. The van der Waals surface area contributed by atoms with E-state index in [1.54, 1.807) is 12.4 Å². The molecule has 0 bridgehead atoms. The van der Waals surface area contributed by atoms with E-state index in [4.69, 9.17) is 16.3 Å². The molecule has 0 radical (unpaired) electrons. The molecule has 20 heavy (non-hydrogen) atoms. The minimum absolute atomic E-state index is 0.604. The molecule has 0 saturated heterocycles. The van der Waals surface area contributed by atoms with Crippen molar-refractivity contribution < 1.29 is 4.74 Å². The summed E-state index contributed by atoms with van der Waals surface area (Å²) in [5.74, 6) is 0.782. The van der Waals surface area contributed by atoms with Crippen LogP contribution in [-0.4, -0.2) is 18.1 Å². The minimum atomic E-state index is 0.604. The van der Waals surface area contributed by atoms with Crippen LogP contribution in [0.3, 0.4) is 0 Å². The van der Waals surface area contributed by atoms with Gasteiger partial charge >= 0.3 is 0 Å². The van der Waals surface area contributed by atoms with E-state index in [0.717, 1.165) is 30.8 Å². The highest BCUT2D eigenvalue weighted by Crippen LogP contribution is 2.28. The number of nitrogens with zero attached hydrogens (tertiary/aromatic N) is 1. The van der Waals surface area contributed by atoms with Gasteiger partial charge in [0, 0.05) is 30.9 Å². The molecule has 1 aromatic carbocycles. The molecule has 1 heterocycles. The van der Waals surface area contributed by atoms with Gasteiger partial charge in [0.1, 0.15) is 5.75 Å². The molecule has 4 heteroatoms. The van der Waals surface area contributed by atoms with Crippen molar-refractivity contribution in [2.75, 3.05) is 13.2 Å². The first-order chi connectivity index (χ1) is 9.81. The highest BCUT2D eigenvalue weighted by molar-refractivity contribution is 6.32. The van der Waals surface area contributed by atoms with Gasteiger partial charge in [-0.1, -0.05) is 30.7 Å². The van der Waals surface area contributed by atoms with Gasteiger partial charge in [0.15, 0.2) is 0 Å². The molecule has 2 aromatic rings. The minimum Gasteiger partial charge on any atom is -0.491 e. The van der Waals surface area contributed by atoms with Crippen LogP contribution in [-0.2, 0) is 13.0 Å². The maximum atomic E-state index is 6.23. The molecule has 1 N–H and O–H groups in total. The van der Waals surface area contributed by atoms with Gasteiger partial charge in [-0.15, -0.1) is 0 Å². The maximum Gasteiger partial charge on any atom is 0.142 e. The molecule has 106 valence electrons. The zero-order valence-corrected chi connectivity index (χ0v) is 12.4. The SMILES string of the molecule is CCNCc1cccc(Cl)c1OCCc1ccncc1. The normalized spacial score (nSPS) is 10.5. The predicted octanol–water partition coefficient (Wildman–Crippen LogP) is 3.47. The van der Waals surface area contributed by atoms with Crippen LogP contribution in [0.5, 0.6) is 5.75 Å². The molecule has 3 nitrogen and oxygen atoms in total. The first-order valence-corrected chi connectivity index (χ1v) is 7.19. The van der Waals surface area contributed by atoms with Crippen LogP contribution in [0, 0.1) is 0 Å². The summed E-state index contributed by atoms with van der Waals surface area (Å²) in [5.41, 5.74) is 2.30. The highest BCUT2D eigenvalue weighted by atomic mass is 35.5. The van der Waals surface area contributed by atoms with Gasteiger partial charge in [-0.2, -0.15) is 0 Å². The number of hydrogen-bond acceptors (Lipinski definition) is 3. The van der Waals surface area contributed by atoms with Crippen LogP contribution < -0.4 is 10.1 Å². The van der Waals surface area contributed by atoms with Crippen molar-refractivity contribution in [2.24, 2.45) is 0 Å². The van der Waals surface area contributed by atoms with E-state index in [1.807, 2.05) is 30.3 Å². The van der Waals surface area contributed by atoms with Crippen molar-refractivity contribution in [3.05, 3.63) is 58.9 Å². The molecule has 2 rings (SSSR count). The van der Waals surface area contributed by atoms with Crippen LogP contribution in [0.2, 0.25) is 5.02 Å². The van der Waals surface area contributed by atoms with Crippen molar-refractivity contribution >= 4 is 11.6 Å². The summed E-state index contributed by atoms with van der Waals surface area (Å²) in [5, 5.41) is 3.96. The zero-order chi connectivity index (χ0) is 14.2. The van der Waals surface area contributed by atoms with Crippen LogP contribution in [0.25, 0.3) is 0 Å². The fraction of sp³-hybridized carbons (Fsp3) is 0.312. The summed E-state index contributed by atoms with van der Waals surface area (Å²) in [6.07, 6.45) is 4.43. The Labute approximate surface area is 124 Å². The molecular weight excluding hydrogens is 272 g/mol. The Kier molecular flexibility index (Phi) is 5.84. The van der Waals surface area contributed by atoms with Crippen molar-refractivity contribution in [3.63, 3.8) is 0 Å². The van der Waals surface area contributed by atoms with E-state index in [0.29, 0.717) is 11.6 Å². The fourth-order valence-electron chi connectivity index (χ4n) is 1.93. The molecule has 0 aliphatic rings. The second kappa shape index (κ2) is 7.88. The van der Waals surface area contributed by atoms with Gasteiger partial charge in [-0.05, 0) is 30.3 Å². The quantitative estimate of drug-likeness (QED) is 0.848. The number of rotatable bonds is 7. The number of pyridine rings is 1. The molecule has 0 fully saturated rings. The largest absolute Gasteiger partial charge is 0.491 e. The first-order valence-electron chi connectivity index (χ1n) is 6.81. The molecule has 0 spiro atoms. The van der Waals surface area contributed by atoms with Gasteiger partial charge in [-0.3, -0.25) is 4.98 Å². The van der Waals surface area contributed by atoms with Gasteiger partial charge in [0.25, 0.3) is 0 Å². The van der Waals surface area contributed by atoms with Gasteiger partial charge in [0.2, 0.25) is 0 Å². The van der Waals surface area contributed by atoms with Crippen molar-refractivity contribution in [3.8, 4) is 5.75 Å². The molecule has 0 saturated carbocycles. The third kappa shape index (κ3) is 4.22. The molecule has 0 aliphatic heterocycles. The summed E-state index contributed by atoms with van der Waals surface area (Å²) in [6.45, 7) is 4.37. The standard InChI is InChI=1S/C16H19ClN2O/c1-2-18-12-14-4-3-5-15(17)16(14)20-11-8-13-6-9-19-10-7-13/h3-7,9-10,18H,2,8,11-12H2,1H3. The number of nitrogens with one attached hydrogen (secondary N) is 1. The lowest BCUT2D eigenvalue weighted by Gasteiger charge is -2.13. The number of benzene rings is 1. The van der Waals surface area contributed by atoms with Crippen LogP contribution in [0.15, 0.2) is 42.7 Å². The van der Waals surface area contributed by atoms with Gasteiger partial charge in [0.05, 0.1) is 11.6 Å². The summed E-state index contributed by atoms with van der Waals surface area (Å²) < 4.78 is 5.88. The smallest absolute Gasteiger partial charge is 0.142 e. The Balaban J connectivity index is 1.97. The predicted molar refractivity (Wildman–Crippen MR) is 82.3 cm³/mol. The molecule has 0 atom stereocenters. The van der Waals surface area contributed by atoms with E-state index in [2.05, 4.69) is 17.2 Å². The molecule has 0 unspecified atom stereocenters. The Hall–Kier alpha value is -1.58. The monoisotopic (exact) mass is 290 g/mol. The van der Waals surface area contributed by atoms with E-state index < -0.39 is 0 Å². The second-order valence-electron chi connectivity index (χ2n) is 4.46. The van der Waals surface area contributed by atoms with E-state index >= 15 is 0 Å². The Morgan fingerprint density at radius 2 is 2.00 bits per heavy atom. The first kappa shape index (κ1) is 14.8. The number of ether oxygens (including phenoxy) is 1. The Bertz CT molecular complexity index is 531. The topological polar surface area (TPSA) is 34.1 Å². The average Bonchev–Trinajstić information content (AvgIpc) is 2.48. The Morgan fingerprint density at radius 3 is 2.75 bits per heavy atom. The number of para-hydroxylation sites is 1. The second-order valence-corrected chi connectivity index (χ2v) is 4.87. The molecular formula is C16H19ClN2O.